The molecule has 2 heteroatoms. The molecule has 1 aliphatic rings. The zero-order chi connectivity index (χ0) is 15.2. The van der Waals surface area contributed by atoms with E-state index in [2.05, 4.69) is 24.3 Å². The van der Waals surface area contributed by atoms with Crippen LogP contribution in [0.3, 0.4) is 0 Å². The summed E-state index contributed by atoms with van der Waals surface area (Å²) in [7, 11) is 0. The van der Waals surface area contributed by atoms with Gasteiger partial charge in [0.2, 0.25) is 0 Å². The van der Waals surface area contributed by atoms with E-state index in [1.54, 1.807) is 6.08 Å². The molecule has 110 valence electrons. The summed E-state index contributed by atoms with van der Waals surface area (Å²) in [5, 5.41) is 0. The van der Waals surface area contributed by atoms with Crippen molar-refractivity contribution in [3.8, 4) is 5.75 Å². The molecule has 0 spiro atoms. The van der Waals surface area contributed by atoms with Crippen LogP contribution in [-0.2, 0) is 4.79 Å². The fraction of sp³-hybridized carbons (Fsp3) is 0.150. The summed E-state index contributed by atoms with van der Waals surface area (Å²) in [6.45, 7) is 0.607. The number of ether oxygens (including phenoxy) is 1. The van der Waals surface area contributed by atoms with Crippen molar-refractivity contribution < 1.29 is 9.53 Å². The molecule has 0 amide bonds. The van der Waals surface area contributed by atoms with Gasteiger partial charge in [-0.05, 0) is 29.7 Å². The molecule has 0 aliphatic carbocycles. The molecule has 0 bridgehead atoms. The van der Waals surface area contributed by atoms with Crippen LogP contribution in [0.25, 0.3) is 11.6 Å². The number of hydrogen-bond acceptors (Lipinski definition) is 2. The average molecular weight is 290 g/mol. The third-order valence-corrected chi connectivity index (χ3v) is 3.86. The monoisotopic (exact) mass is 290 g/mol. The third kappa shape index (κ3) is 3.17. The van der Waals surface area contributed by atoms with Crippen molar-refractivity contribution in [1.29, 1.82) is 0 Å². The van der Waals surface area contributed by atoms with E-state index in [9.17, 15) is 4.79 Å². The van der Waals surface area contributed by atoms with Crippen molar-refractivity contribution in [2.45, 2.75) is 6.42 Å². The Morgan fingerprint density at radius 3 is 2.64 bits per heavy atom. The van der Waals surface area contributed by atoms with Gasteiger partial charge in [-0.15, -0.1) is 0 Å². The predicted octanol–water partition coefficient (Wildman–Crippen LogP) is 4.38. The lowest BCUT2D eigenvalue weighted by atomic mass is 9.87. The minimum atomic E-state index is 0.208. The van der Waals surface area contributed by atoms with E-state index in [-0.39, 0.29) is 5.92 Å². The van der Waals surface area contributed by atoms with E-state index >= 15 is 0 Å². The Kier molecular flexibility index (Phi) is 4.50. The van der Waals surface area contributed by atoms with Gasteiger partial charge in [-0.1, -0.05) is 60.7 Å². The van der Waals surface area contributed by atoms with Gasteiger partial charge in [0.15, 0.2) is 0 Å². The first-order valence-corrected chi connectivity index (χ1v) is 7.47. The van der Waals surface area contributed by atoms with Crippen LogP contribution in [-0.4, -0.2) is 12.9 Å². The van der Waals surface area contributed by atoms with Crippen molar-refractivity contribution in [3.63, 3.8) is 0 Å². The van der Waals surface area contributed by atoms with Crippen LogP contribution >= 0.6 is 0 Å². The Labute approximate surface area is 130 Å². The molecule has 2 nitrogen and oxygen atoms in total. The Bertz CT molecular complexity index is 699. The highest BCUT2D eigenvalue weighted by Gasteiger charge is 2.23. The molecule has 0 unspecified atom stereocenters. The molecule has 0 aromatic heterocycles. The zero-order valence-corrected chi connectivity index (χ0v) is 12.3. The minimum Gasteiger partial charge on any atom is -0.492 e. The van der Waals surface area contributed by atoms with Crippen LogP contribution in [0.5, 0.6) is 5.75 Å². The van der Waals surface area contributed by atoms with Gasteiger partial charge in [0.25, 0.3) is 0 Å². The van der Waals surface area contributed by atoms with Crippen molar-refractivity contribution >= 4 is 17.9 Å². The Hall–Kier alpha value is -2.61. The van der Waals surface area contributed by atoms with Crippen LogP contribution in [0.1, 0.15) is 17.5 Å². The Morgan fingerprint density at radius 1 is 1.05 bits per heavy atom. The fourth-order valence-corrected chi connectivity index (χ4v) is 2.76. The van der Waals surface area contributed by atoms with Crippen LogP contribution in [0, 0.1) is 5.92 Å². The Morgan fingerprint density at radius 2 is 1.82 bits per heavy atom. The number of aldehydes is 1. The smallest absolute Gasteiger partial charge is 0.143 e. The molecule has 1 heterocycles. The normalized spacial score (nSPS) is 18.9. The van der Waals surface area contributed by atoms with Crippen LogP contribution in [0.15, 0.2) is 66.7 Å². The summed E-state index contributed by atoms with van der Waals surface area (Å²) < 4.78 is 5.82. The largest absolute Gasteiger partial charge is 0.492 e. The van der Waals surface area contributed by atoms with Crippen molar-refractivity contribution in [1.82, 2.24) is 0 Å². The van der Waals surface area contributed by atoms with Crippen LogP contribution in [0.4, 0.5) is 0 Å². The molecule has 22 heavy (non-hydrogen) atoms. The number of carbonyl (C=O) groups is 1. The highest BCUT2D eigenvalue weighted by molar-refractivity contribution is 5.85. The SMILES string of the molecule is O=C/C=C1/c2ccccc2OC[C@H]1C/C=C/c1ccccc1. The van der Waals surface area contributed by atoms with E-state index in [1.165, 1.54) is 5.56 Å². The summed E-state index contributed by atoms with van der Waals surface area (Å²) in [6.07, 6.45) is 7.64. The van der Waals surface area contributed by atoms with Gasteiger partial charge >= 0.3 is 0 Å². The molecule has 2 aromatic carbocycles. The first-order chi connectivity index (χ1) is 10.9. The molecule has 0 saturated heterocycles. The maximum Gasteiger partial charge on any atom is 0.143 e. The summed E-state index contributed by atoms with van der Waals surface area (Å²) in [4.78, 5) is 11.0. The highest BCUT2D eigenvalue weighted by atomic mass is 16.5. The van der Waals surface area contributed by atoms with Crippen molar-refractivity contribution in [2.24, 2.45) is 5.92 Å². The first-order valence-electron chi connectivity index (χ1n) is 7.47. The molecule has 0 saturated carbocycles. The average Bonchev–Trinajstić information content (AvgIpc) is 2.58. The lowest BCUT2D eigenvalue weighted by Crippen LogP contribution is -2.19. The fourth-order valence-electron chi connectivity index (χ4n) is 2.76. The molecule has 1 aliphatic heterocycles. The van der Waals surface area contributed by atoms with Gasteiger partial charge in [0.1, 0.15) is 12.0 Å². The lowest BCUT2D eigenvalue weighted by Gasteiger charge is -2.27. The molecule has 0 N–H and O–H groups in total. The van der Waals surface area contributed by atoms with Gasteiger partial charge < -0.3 is 4.74 Å². The maximum absolute atomic E-state index is 11.0. The molecule has 0 fully saturated rings. The molecule has 0 radical (unpaired) electrons. The van der Waals surface area contributed by atoms with Gasteiger partial charge in [-0.2, -0.15) is 0 Å². The number of para-hydroxylation sites is 1. The number of carbonyl (C=O) groups excluding carboxylic acids is 1. The summed E-state index contributed by atoms with van der Waals surface area (Å²) in [5.74, 6) is 1.07. The van der Waals surface area contributed by atoms with Crippen LogP contribution < -0.4 is 4.74 Å². The van der Waals surface area contributed by atoms with E-state index in [0.717, 1.165) is 29.6 Å². The highest BCUT2D eigenvalue weighted by Crippen LogP contribution is 2.37. The standard InChI is InChI=1S/C20H18O2/c21-14-13-18-17(10-6-9-16-7-2-1-3-8-16)15-22-20-12-5-4-11-19(18)20/h1-9,11-14,17H,10,15H2/b9-6+,18-13+/t17-/m1/s1. The van der Waals surface area contributed by atoms with Crippen molar-refractivity contribution in [2.75, 3.05) is 6.61 Å². The predicted molar refractivity (Wildman–Crippen MR) is 89.6 cm³/mol. The number of allylic oxidation sites excluding steroid dienone is 2. The zero-order valence-electron chi connectivity index (χ0n) is 12.3. The quantitative estimate of drug-likeness (QED) is 0.617. The van der Waals surface area contributed by atoms with Crippen molar-refractivity contribution in [3.05, 3.63) is 77.9 Å². The van der Waals surface area contributed by atoms with E-state index in [4.69, 9.17) is 4.74 Å². The topological polar surface area (TPSA) is 26.3 Å². The van der Waals surface area contributed by atoms with E-state index in [1.807, 2.05) is 42.5 Å². The molecular formula is C20H18O2. The van der Waals surface area contributed by atoms with E-state index in [0.29, 0.717) is 6.61 Å². The van der Waals surface area contributed by atoms with Crippen LogP contribution in [0.2, 0.25) is 0 Å². The van der Waals surface area contributed by atoms with Gasteiger partial charge in [0.05, 0.1) is 6.61 Å². The summed E-state index contributed by atoms with van der Waals surface area (Å²) in [6, 6.07) is 18.1. The minimum absolute atomic E-state index is 0.208. The maximum atomic E-state index is 11.0. The summed E-state index contributed by atoms with van der Waals surface area (Å²) in [5.41, 5.74) is 3.27. The third-order valence-electron chi connectivity index (χ3n) is 3.86. The molecule has 2 aromatic rings. The van der Waals surface area contributed by atoms with Gasteiger partial charge in [-0.3, -0.25) is 4.79 Å². The number of benzene rings is 2. The van der Waals surface area contributed by atoms with E-state index < -0.39 is 0 Å². The molecular weight excluding hydrogens is 272 g/mol. The first kappa shape index (κ1) is 14.3. The Balaban J connectivity index is 1.78. The number of rotatable bonds is 4. The number of hydrogen-bond donors (Lipinski definition) is 0. The number of fused-ring (bicyclic) bond motifs is 1. The van der Waals surface area contributed by atoms with Gasteiger partial charge in [0, 0.05) is 11.5 Å². The van der Waals surface area contributed by atoms with Gasteiger partial charge in [-0.25, -0.2) is 0 Å². The molecule has 1 atom stereocenters. The summed E-state index contributed by atoms with van der Waals surface area (Å²) >= 11 is 0. The lowest BCUT2D eigenvalue weighted by molar-refractivity contribution is -0.104. The second-order valence-electron chi connectivity index (χ2n) is 5.31. The molecule has 3 rings (SSSR count). The second-order valence-corrected chi connectivity index (χ2v) is 5.31. The second kappa shape index (κ2) is 6.90.